The minimum atomic E-state index is -1.15. The van der Waals surface area contributed by atoms with Gasteiger partial charge in [-0.25, -0.2) is 4.79 Å². The number of anilines is 1. The smallest absolute Gasteiger partial charge is 0.409 e. The number of carboxylic acid groups (broad SMARTS) is 1. The molecule has 9 heteroatoms. The van der Waals surface area contributed by atoms with Crippen molar-refractivity contribution < 1.29 is 38.3 Å². The average molecular weight is 387 g/mol. The predicted molar refractivity (Wildman–Crippen MR) is 98.5 cm³/mol. The normalized spacial score (nSPS) is 10.7. The Bertz CT molecular complexity index is 500. The Morgan fingerprint density at radius 2 is 1.37 bits per heavy atom. The molecular weight excluding hydrogens is 358 g/mol. The van der Waals surface area contributed by atoms with Crippen molar-refractivity contribution in [2.75, 3.05) is 71.6 Å². The van der Waals surface area contributed by atoms with E-state index in [0.717, 1.165) is 0 Å². The molecule has 0 aliphatic heterocycles. The van der Waals surface area contributed by atoms with Gasteiger partial charge in [0.05, 0.1) is 58.5 Å². The second kappa shape index (κ2) is 16.3. The quantitative estimate of drug-likeness (QED) is 0.310. The fraction of sp³-hybridized carbons (Fsp3) is 0.611. The molecule has 0 saturated heterocycles. The lowest BCUT2D eigenvalue weighted by molar-refractivity contribution is -0.0323. The van der Waals surface area contributed by atoms with Crippen LogP contribution in [0.2, 0.25) is 0 Å². The minimum absolute atomic E-state index is 0.00272. The molecule has 1 rings (SSSR count). The van der Waals surface area contributed by atoms with Crippen LogP contribution < -0.4 is 10.1 Å². The van der Waals surface area contributed by atoms with E-state index in [4.69, 9.17) is 33.5 Å². The van der Waals surface area contributed by atoms with Gasteiger partial charge in [0.2, 0.25) is 0 Å². The van der Waals surface area contributed by atoms with Crippen LogP contribution in [0.5, 0.6) is 5.75 Å². The van der Waals surface area contributed by atoms with Gasteiger partial charge in [-0.1, -0.05) is 12.1 Å². The molecule has 0 aliphatic rings. The summed E-state index contributed by atoms with van der Waals surface area (Å²) in [6.07, 6.45) is -1.15. The van der Waals surface area contributed by atoms with Gasteiger partial charge in [0, 0.05) is 6.61 Å². The molecule has 0 heterocycles. The molecule has 0 radical (unpaired) electrons. The lowest BCUT2D eigenvalue weighted by atomic mass is 10.3. The zero-order valence-electron chi connectivity index (χ0n) is 15.7. The third kappa shape index (κ3) is 13.0. The van der Waals surface area contributed by atoms with Crippen LogP contribution in [0.15, 0.2) is 24.3 Å². The van der Waals surface area contributed by atoms with Crippen LogP contribution in [0.4, 0.5) is 10.5 Å². The summed E-state index contributed by atoms with van der Waals surface area (Å²) < 4.78 is 31.9. The molecule has 154 valence electrons. The largest absolute Gasteiger partial charge is 0.465 e. The van der Waals surface area contributed by atoms with E-state index < -0.39 is 6.09 Å². The van der Waals surface area contributed by atoms with Gasteiger partial charge < -0.3 is 33.5 Å². The fourth-order valence-electron chi connectivity index (χ4n) is 1.90. The highest BCUT2D eigenvalue weighted by atomic mass is 16.7. The van der Waals surface area contributed by atoms with Crippen LogP contribution in [-0.2, 0) is 23.7 Å². The lowest BCUT2D eigenvalue weighted by Crippen LogP contribution is -2.14. The first kappa shape index (κ1) is 23.1. The van der Waals surface area contributed by atoms with Crippen molar-refractivity contribution in [3.05, 3.63) is 24.3 Å². The number of para-hydroxylation sites is 2. The summed E-state index contributed by atoms with van der Waals surface area (Å²) in [5, 5.41) is 11.0. The number of amides is 1. The van der Waals surface area contributed by atoms with E-state index in [1.54, 1.807) is 24.3 Å². The maximum absolute atomic E-state index is 10.7. The number of rotatable bonds is 17. The molecule has 0 unspecified atom stereocenters. The maximum atomic E-state index is 10.7. The van der Waals surface area contributed by atoms with E-state index in [2.05, 4.69) is 5.32 Å². The summed E-state index contributed by atoms with van der Waals surface area (Å²) in [5.41, 5.74) is 0.365. The van der Waals surface area contributed by atoms with Gasteiger partial charge in [0.25, 0.3) is 0 Å². The summed E-state index contributed by atoms with van der Waals surface area (Å²) in [6, 6.07) is 6.72. The van der Waals surface area contributed by atoms with Crippen molar-refractivity contribution in [3.8, 4) is 5.75 Å². The first-order valence-corrected chi connectivity index (χ1v) is 8.84. The molecule has 0 atom stereocenters. The molecule has 1 aromatic rings. The number of hydrogen-bond donors (Lipinski definition) is 2. The SMILES string of the molecule is CCOCCOCCOCCOCCOCOc1ccccc1NC(=O)O. The molecule has 0 spiro atoms. The molecular formula is C18H29NO8. The number of nitrogens with one attached hydrogen (secondary N) is 1. The van der Waals surface area contributed by atoms with Crippen molar-refractivity contribution in [2.24, 2.45) is 0 Å². The van der Waals surface area contributed by atoms with Gasteiger partial charge in [0.15, 0.2) is 6.79 Å². The minimum Gasteiger partial charge on any atom is -0.465 e. The van der Waals surface area contributed by atoms with E-state index in [9.17, 15) is 4.79 Å². The Morgan fingerprint density at radius 3 is 1.93 bits per heavy atom. The Balaban J connectivity index is 1.90. The van der Waals surface area contributed by atoms with E-state index in [1.165, 1.54) is 0 Å². The molecule has 27 heavy (non-hydrogen) atoms. The summed E-state index contributed by atoms with van der Waals surface area (Å²) >= 11 is 0. The van der Waals surface area contributed by atoms with E-state index >= 15 is 0 Å². The molecule has 0 aliphatic carbocycles. The third-order valence-electron chi connectivity index (χ3n) is 3.12. The molecule has 9 nitrogen and oxygen atoms in total. The highest BCUT2D eigenvalue weighted by molar-refractivity contribution is 5.85. The van der Waals surface area contributed by atoms with Crippen molar-refractivity contribution >= 4 is 11.8 Å². The number of carbonyl (C=O) groups is 1. The topological polar surface area (TPSA) is 105 Å². The molecule has 1 amide bonds. The second-order valence-corrected chi connectivity index (χ2v) is 5.13. The molecule has 0 fully saturated rings. The highest BCUT2D eigenvalue weighted by Crippen LogP contribution is 2.23. The summed E-state index contributed by atoms with van der Waals surface area (Å²) in [5.74, 6) is 0.401. The van der Waals surface area contributed by atoms with Crippen molar-refractivity contribution in [3.63, 3.8) is 0 Å². The molecule has 0 bridgehead atoms. The molecule has 0 aromatic heterocycles. The van der Waals surface area contributed by atoms with Crippen LogP contribution in [-0.4, -0.2) is 77.5 Å². The van der Waals surface area contributed by atoms with E-state index in [1.807, 2.05) is 6.92 Å². The zero-order chi connectivity index (χ0) is 19.6. The van der Waals surface area contributed by atoms with Gasteiger partial charge >= 0.3 is 6.09 Å². The average Bonchev–Trinajstić information content (AvgIpc) is 2.65. The number of benzene rings is 1. The Hall–Kier alpha value is -1.91. The van der Waals surface area contributed by atoms with Crippen molar-refractivity contribution in [1.29, 1.82) is 0 Å². The third-order valence-corrected chi connectivity index (χ3v) is 3.12. The van der Waals surface area contributed by atoms with Crippen LogP contribution >= 0.6 is 0 Å². The lowest BCUT2D eigenvalue weighted by Gasteiger charge is -2.11. The van der Waals surface area contributed by atoms with E-state index in [0.29, 0.717) is 70.9 Å². The van der Waals surface area contributed by atoms with Crippen LogP contribution in [0.3, 0.4) is 0 Å². The zero-order valence-corrected chi connectivity index (χ0v) is 15.7. The van der Waals surface area contributed by atoms with Crippen LogP contribution in [0, 0.1) is 0 Å². The monoisotopic (exact) mass is 387 g/mol. The summed E-state index contributed by atoms with van der Waals surface area (Å²) in [6.45, 7) is 6.58. The van der Waals surface area contributed by atoms with Gasteiger partial charge in [-0.15, -0.1) is 0 Å². The van der Waals surface area contributed by atoms with Gasteiger partial charge in [-0.05, 0) is 19.1 Å². The summed E-state index contributed by atoms with van der Waals surface area (Å²) in [4.78, 5) is 10.7. The molecule has 0 saturated carbocycles. The van der Waals surface area contributed by atoms with Crippen molar-refractivity contribution in [2.45, 2.75) is 6.92 Å². The maximum Gasteiger partial charge on any atom is 0.409 e. The first-order chi connectivity index (χ1) is 13.2. The predicted octanol–water partition coefficient (Wildman–Crippen LogP) is 2.22. The van der Waals surface area contributed by atoms with Gasteiger partial charge in [-0.2, -0.15) is 0 Å². The Labute approximate surface area is 159 Å². The van der Waals surface area contributed by atoms with E-state index in [-0.39, 0.29) is 6.79 Å². The number of hydrogen-bond acceptors (Lipinski definition) is 7. The molecule has 1 aromatic carbocycles. The number of ether oxygens (including phenoxy) is 6. The van der Waals surface area contributed by atoms with Gasteiger partial charge in [0.1, 0.15) is 5.75 Å². The summed E-state index contributed by atoms with van der Waals surface area (Å²) in [7, 11) is 0. The fourth-order valence-corrected chi connectivity index (χ4v) is 1.90. The van der Waals surface area contributed by atoms with Crippen molar-refractivity contribution in [1.82, 2.24) is 0 Å². The van der Waals surface area contributed by atoms with Crippen LogP contribution in [0.25, 0.3) is 0 Å². The standard InChI is InChI=1S/C18H29NO8/c1-2-22-7-8-23-9-10-24-11-12-25-13-14-26-15-27-17-6-4-3-5-16(17)19-18(20)21/h3-6,19H,2,7-15H2,1H3,(H,20,21). The highest BCUT2D eigenvalue weighted by Gasteiger charge is 2.05. The Kier molecular flexibility index (Phi) is 13.9. The Morgan fingerprint density at radius 1 is 0.852 bits per heavy atom. The van der Waals surface area contributed by atoms with Gasteiger partial charge in [-0.3, -0.25) is 5.32 Å². The first-order valence-electron chi connectivity index (χ1n) is 8.84. The molecule has 2 N–H and O–H groups in total. The second-order valence-electron chi connectivity index (χ2n) is 5.13. The van der Waals surface area contributed by atoms with Crippen LogP contribution in [0.1, 0.15) is 6.92 Å².